The minimum atomic E-state index is -3.66. The van der Waals surface area contributed by atoms with Crippen LogP contribution in [0.2, 0.25) is 0 Å². The van der Waals surface area contributed by atoms with E-state index in [2.05, 4.69) is 4.72 Å². The van der Waals surface area contributed by atoms with Crippen molar-refractivity contribution in [3.63, 3.8) is 0 Å². The zero-order valence-electron chi connectivity index (χ0n) is 11.8. The Balaban J connectivity index is 2.13. The zero-order valence-corrected chi connectivity index (χ0v) is 12.6. The van der Waals surface area contributed by atoms with Gasteiger partial charge in [0.05, 0.1) is 4.90 Å². The van der Waals surface area contributed by atoms with Crippen LogP contribution >= 0.6 is 0 Å². The molecule has 0 saturated heterocycles. The normalized spacial score (nSPS) is 12.7. The topological polar surface area (TPSA) is 86.3 Å². The van der Waals surface area contributed by atoms with Gasteiger partial charge in [-0.2, -0.15) is 0 Å². The van der Waals surface area contributed by atoms with Gasteiger partial charge >= 0.3 is 0 Å². The van der Waals surface area contributed by atoms with Crippen LogP contribution in [0.15, 0.2) is 65.6 Å². The van der Waals surface area contributed by atoms with Crippen molar-refractivity contribution in [1.29, 1.82) is 0 Å². The van der Waals surface area contributed by atoms with E-state index in [0.29, 0.717) is 0 Å². The second kappa shape index (κ2) is 7.20. The Morgan fingerprint density at radius 2 is 1.55 bits per heavy atom. The van der Waals surface area contributed by atoms with Gasteiger partial charge < -0.3 is 9.90 Å². The molecule has 0 aliphatic carbocycles. The zero-order chi connectivity index (χ0) is 16.0. The summed E-state index contributed by atoms with van der Waals surface area (Å²) in [6.07, 6.45) is -0.249. The summed E-state index contributed by atoms with van der Waals surface area (Å²) >= 11 is 0. The first kappa shape index (κ1) is 16.2. The number of hydrogen-bond donors (Lipinski definition) is 1. The predicted molar refractivity (Wildman–Crippen MR) is 80.4 cm³/mol. The van der Waals surface area contributed by atoms with Crippen molar-refractivity contribution < 1.29 is 18.3 Å². The number of carboxylic acids is 1. The lowest BCUT2D eigenvalue weighted by Gasteiger charge is -2.18. The van der Waals surface area contributed by atoms with Crippen molar-refractivity contribution in [2.75, 3.05) is 6.54 Å². The number of hydrogen-bond acceptors (Lipinski definition) is 4. The molecule has 22 heavy (non-hydrogen) atoms. The van der Waals surface area contributed by atoms with E-state index in [0.717, 1.165) is 5.56 Å². The molecule has 0 aliphatic heterocycles. The van der Waals surface area contributed by atoms with E-state index in [1.807, 2.05) is 6.07 Å². The molecule has 5 nitrogen and oxygen atoms in total. The quantitative estimate of drug-likeness (QED) is 0.821. The number of rotatable bonds is 7. The Bertz CT molecular complexity index is 714. The number of aliphatic carboxylic acids is 1. The van der Waals surface area contributed by atoms with E-state index >= 15 is 0 Å². The molecule has 0 aromatic heterocycles. The van der Waals surface area contributed by atoms with E-state index in [9.17, 15) is 18.3 Å². The Hall–Kier alpha value is -2.18. The molecule has 0 spiro atoms. The van der Waals surface area contributed by atoms with Gasteiger partial charge in [0, 0.05) is 18.4 Å². The first-order chi connectivity index (χ1) is 10.5. The molecule has 0 heterocycles. The molecule has 0 saturated carbocycles. The molecule has 0 bridgehead atoms. The van der Waals surface area contributed by atoms with Crippen LogP contribution in [-0.2, 0) is 14.8 Å². The van der Waals surface area contributed by atoms with Gasteiger partial charge in [-0.05, 0) is 24.1 Å². The van der Waals surface area contributed by atoms with Gasteiger partial charge in [0.2, 0.25) is 10.0 Å². The third-order valence-electron chi connectivity index (χ3n) is 3.26. The molecule has 2 aromatic carbocycles. The third-order valence-corrected chi connectivity index (χ3v) is 4.70. The molecule has 1 N–H and O–H groups in total. The van der Waals surface area contributed by atoms with Gasteiger partial charge in [0.1, 0.15) is 0 Å². The molecule has 116 valence electrons. The van der Waals surface area contributed by atoms with E-state index in [1.165, 1.54) is 12.1 Å². The molecule has 0 amide bonds. The van der Waals surface area contributed by atoms with Crippen LogP contribution < -0.4 is 9.83 Å². The fourth-order valence-corrected chi connectivity index (χ4v) is 3.23. The van der Waals surface area contributed by atoms with Gasteiger partial charge in [-0.1, -0.05) is 48.5 Å². The molecule has 6 heteroatoms. The molecule has 0 radical (unpaired) electrons. The molecule has 1 unspecified atom stereocenters. The van der Waals surface area contributed by atoms with Gasteiger partial charge in [-0.25, -0.2) is 13.1 Å². The van der Waals surface area contributed by atoms with Gasteiger partial charge in [0.25, 0.3) is 0 Å². The Labute approximate surface area is 129 Å². The second-order valence-electron chi connectivity index (χ2n) is 4.85. The number of carbonyl (C=O) groups is 1. The number of carbonyl (C=O) groups excluding carboxylic acids is 1. The Morgan fingerprint density at radius 3 is 2.09 bits per heavy atom. The fourth-order valence-electron chi connectivity index (χ4n) is 2.13. The fraction of sp³-hybridized carbons (Fsp3) is 0.188. The molecule has 2 aromatic rings. The highest BCUT2D eigenvalue weighted by Crippen LogP contribution is 2.19. The lowest BCUT2D eigenvalue weighted by molar-refractivity contribution is -0.306. The lowest BCUT2D eigenvalue weighted by Crippen LogP contribution is -2.32. The van der Waals surface area contributed by atoms with Crippen molar-refractivity contribution in [3.05, 3.63) is 66.2 Å². The van der Waals surface area contributed by atoms with Crippen LogP contribution in [0, 0.1) is 0 Å². The maximum atomic E-state index is 12.2. The number of carboxylic acid groups (broad SMARTS) is 1. The number of nitrogens with one attached hydrogen (secondary N) is 1. The van der Waals surface area contributed by atoms with E-state index in [4.69, 9.17) is 0 Å². The van der Waals surface area contributed by atoms with Crippen LogP contribution in [0.3, 0.4) is 0 Å². The summed E-state index contributed by atoms with van der Waals surface area (Å²) < 4.78 is 26.8. The maximum Gasteiger partial charge on any atom is 0.240 e. The first-order valence-electron chi connectivity index (χ1n) is 6.78. The summed E-state index contributed by atoms with van der Waals surface area (Å²) in [5, 5.41) is 10.9. The van der Waals surface area contributed by atoms with E-state index < -0.39 is 21.9 Å². The van der Waals surface area contributed by atoms with E-state index in [-0.39, 0.29) is 17.9 Å². The summed E-state index contributed by atoms with van der Waals surface area (Å²) in [5.74, 6) is -1.70. The summed E-state index contributed by atoms with van der Waals surface area (Å²) in [6, 6.07) is 16.9. The van der Waals surface area contributed by atoms with E-state index in [1.54, 1.807) is 42.5 Å². The van der Waals surface area contributed by atoms with Crippen molar-refractivity contribution in [3.8, 4) is 0 Å². The smallest absolute Gasteiger partial charge is 0.240 e. The highest BCUT2D eigenvalue weighted by molar-refractivity contribution is 7.89. The largest absolute Gasteiger partial charge is 0.550 e. The molecule has 1 atom stereocenters. The molecular weight excluding hydrogens is 302 g/mol. The van der Waals surface area contributed by atoms with Crippen molar-refractivity contribution in [2.24, 2.45) is 0 Å². The number of sulfonamides is 1. The average Bonchev–Trinajstić information content (AvgIpc) is 2.53. The first-order valence-corrected chi connectivity index (χ1v) is 8.27. The predicted octanol–water partition coefficient (Wildman–Crippen LogP) is 0.889. The monoisotopic (exact) mass is 318 g/mol. The van der Waals surface area contributed by atoms with Gasteiger partial charge in [-0.15, -0.1) is 0 Å². The average molecular weight is 318 g/mol. The third kappa shape index (κ3) is 4.41. The van der Waals surface area contributed by atoms with Crippen LogP contribution in [-0.4, -0.2) is 20.9 Å². The lowest BCUT2D eigenvalue weighted by atomic mass is 9.96. The standard InChI is InChI=1S/C16H17NO4S/c18-16(19)11-14(13-7-3-1-4-8-13)12-17-22(20,21)15-9-5-2-6-10-15/h1-10,14,17H,11-12H2,(H,18,19)/p-1. The Morgan fingerprint density at radius 1 is 1.00 bits per heavy atom. The minimum absolute atomic E-state index is 0.00474. The van der Waals surface area contributed by atoms with Crippen molar-refractivity contribution >= 4 is 16.0 Å². The molecule has 0 fully saturated rings. The highest BCUT2D eigenvalue weighted by atomic mass is 32.2. The summed E-state index contributed by atoms with van der Waals surface area (Å²) in [5.41, 5.74) is 0.752. The van der Waals surface area contributed by atoms with Crippen LogP contribution in [0.4, 0.5) is 0 Å². The minimum Gasteiger partial charge on any atom is -0.550 e. The van der Waals surface area contributed by atoms with Crippen LogP contribution in [0.25, 0.3) is 0 Å². The Kier molecular flexibility index (Phi) is 5.30. The maximum absolute atomic E-state index is 12.2. The summed E-state index contributed by atoms with van der Waals surface area (Å²) in [7, 11) is -3.66. The number of benzene rings is 2. The molecular formula is C16H16NO4S-. The summed E-state index contributed by atoms with van der Waals surface area (Å²) in [4.78, 5) is 11.0. The summed E-state index contributed by atoms with van der Waals surface area (Å²) in [6.45, 7) is -0.00474. The molecule has 2 rings (SSSR count). The SMILES string of the molecule is O=C([O-])CC(CNS(=O)(=O)c1ccccc1)c1ccccc1. The van der Waals surface area contributed by atoms with Crippen LogP contribution in [0.1, 0.15) is 17.9 Å². The second-order valence-corrected chi connectivity index (χ2v) is 6.62. The molecule has 0 aliphatic rings. The van der Waals surface area contributed by atoms with Crippen molar-refractivity contribution in [2.45, 2.75) is 17.2 Å². The van der Waals surface area contributed by atoms with Crippen LogP contribution in [0.5, 0.6) is 0 Å². The van der Waals surface area contributed by atoms with Gasteiger partial charge in [-0.3, -0.25) is 0 Å². The highest BCUT2D eigenvalue weighted by Gasteiger charge is 2.18. The van der Waals surface area contributed by atoms with Crippen molar-refractivity contribution in [1.82, 2.24) is 4.72 Å². The van der Waals surface area contributed by atoms with Gasteiger partial charge in [0.15, 0.2) is 0 Å².